The number of rotatable bonds is 4. The van der Waals surface area contributed by atoms with E-state index in [9.17, 15) is 5.11 Å². The summed E-state index contributed by atoms with van der Waals surface area (Å²) in [7, 11) is 0. The molecule has 0 spiro atoms. The number of aliphatic hydroxyl groups excluding tert-OH is 1. The van der Waals surface area contributed by atoms with Crippen molar-refractivity contribution < 1.29 is 9.94 Å². The Morgan fingerprint density at radius 1 is 1.03 bits per heavy atom. The van der Waals surface area contributed by atoms with Crippen molar-refractivity contribution in [3.63, 3.8) is 0 Å². The Balaban J connectivity index is 1.23. The van der Waals surface area contributed by atoms with Crippen molar-refractivity contribution in [2.45, 2.75) is 90.6 Å². The topological polar surface area (TPSA) is 45.1 Å². The summed E-state index contributed by atoms with van der Waals surface area (Å²) in [5.74, 6) is 2.34. The minimum atomic E-state index is -0.0691. The molecule has 0 radical (unpaired) electrons. The van der Waals surface area contributed by atoms with Gasteiger partial charge in [0.1, 0.15) is 6.61 Å². The molecule has 30 heavy (non-hydrogen) atoms. The summed E-state index contributed by atoms with van der Waals surface area (Å²) in [6.07, 6.45) is 16.0. The molecule has 5 aliphatic rings. The minimum absolute atomic E-state index is 0.0691. The molecule has 1 heterocycles. The number of likely N-dealkylation sites (tertiary alicyclic amines) is 1. The van der Waals surface area contributed by atoms with Crippen molar-refractivity contribution in [2.75, 3.05) is 26.2 Å². The molecule has 0 aromatic carbocycles. The summed E-state index contributed by atoms with van der Waals surface area (Å²) < 4.78 is 0. The molecule has 3 saturated carbocycles. The van der Waals surface area contributed by atoms with Crippen molar-refractivity contribution in [3.8, 4) is 0 Å². The number of allylic oxidation sites excluding steroid dienone is 2. The molecular formula is C26H42N2O2. The van der Waals surface area contributed by atoms with Crippen LogP contribution in [0.5, 0.6) is 0 Å². The normalized spacial score (nSPS) is 45.4. The number of nitrogens with zero attached hydrogens (tertiary/aromatic N) is 2. The molecule has 0 amide bonds. The fourth-order valence-corrected chi connectivity index (χ4v) is 8.10. The number of oxime groups is 1. The molecule has 5 rings (SSSR count). The maximum absolute atomic E-state index is 10.6. The van der Waals surface area contributed by atoms with E-state index in [2.05, 4.69) is 30.0 Å². The predicted octanol–water partition coefficient (Wildman–Crippen LogP) is 5.17. The van der Waals surface area contributed by atoms with Crippen molar-refractivity contribution in [1.29, 1.82) is 0 Å². The lowest BCUT2D eigenvalue weighted by Crippen LogP contribution is -2.51. The van der Waals surface area contributed by atoms with E-state index in [0.717, 1.165) is 49.5 Å². The highest BCUT2D eigenvalue weighted by Crippen LogP contribution is 2.65. The van der Waals surface area contributed by atoms with E-state index in [1.807, 2.05) is 0 Å². The molecule has 4 nitrogen and oxygen atoms in total. The summed E-state index contributed by atoms with van der Waals surface area (Å²) in [4.78, 5) is 8.26. The standard InChI is InChI=1S/C26H42N2O2/c1-25-12-10-20(27-30-17-16-28-14-4-3-5-15-28)18-19(25)6-7-21-22-8-9-24(29)26(22,2)13-11-23(21)25/h18,21-24,29H,3-17H2,1-2H3/b27-20+/t21-,22-,23-,24-,25-,26-/m0/s1. The minimum Gasteiger partial charge on any atom is -0.394 e. The van der Waals surface area contributed by atoms with Crippen LogP contribution in [0.25, 0.3) is 0 Å². The third-order valence-corrected chi connectivity index (χ3v) is 10.1. The zero-order chi connectivity index (χ0) is 20.8. The van der Waals surface area contributed by atoms with E-state index in [1.165, 1.54) is 70.9 Å². The van der Waals surface area contributed by atoms with Crippen LogP contribution >= 0.6 is 0 Å². The third kappa shape index (κ3) is 3.56. The molecule has 168 valence electrons. The molecule has 1 N–H and O–H groups in total. The lowest BCUT2D eigenvalue weighted by Gasteiger charge is -2.57. The van der Waals surface area contributed by atoms with Gasteiger partial charge in [-0.3, -0.25) is 4.90 Å². The quantitative estimate of drug-likeness (QED) is 0.510. The molecule has 0 bridgehead atoms. The van der Waals surface area contributed by atoms with Gasteiger partial charge in [0.15, 0.2) is 0 Å². The fraction of sp³-hybridized carbons (Fsp3) is 0.885. The molecule has 4 aliphatic carbocycles. The van der Waals surface area contributed by atoms with E-state index < -0.39 is 0 Å². The number of fused-ring (bicyclic) bond motifs is 5. The van der Waals surface area contributed by atoms with Crippen molar-refractivity contribution >= 4 is 5.71 Å². The summed E-state index contributed by atoms with van der Waals surface area (Å²) in [5, 5.41) is 15.2. The van der Waals surface area contributed by atoms with Gasteiger partial charge in [-0.2, -0.15) is 0 Å². The fourth-order valence-electron chi connectivity index (χ4n) is 8.10. The van der Waals surface area contributed by atoms with Crippen molar-refractivity contribution in [1.82, 2.24) is 4.90 Å². The molecule has 0 unspecified atom stereocenters. The molecule has 0 aromatic rings. The Morgan fingerprint density at radius 3 is 2.70 bits per heavy atom. The summed E-state index contributed by atoms with van der Waals surface area (Å²) in [6.45, 7) is 9.10. The van der Waals surface area contributed by atoms with Gasteiger partial charge in [-0.15, -0.1) is 0 Å². The SMILES string of the molecule is C[C@]12CC[C@H]3[C@@H](CCC4=C/C(=N/OCCN5CCCCC5)CC[C@@]43C)[C@@H]1CC[C@@H]2O. The van der Waals surface area contributed by atoms with Crippen LogP contribution in [-0.2, 0) is 4.84 Å². The number of piperidine rings is 1. The van der Waals surface area contributed by atoms with Crippen LogP contribution in [0.1, 0.15) is 84.5 Å². The second-order valence-electron chi connectivity index (χ2n) is 11.5. The Hall–Kier alpha value is -0.870. The summed E-state index contributed by atoms with van der Waals surface area (Å²) >= 11 is 0. The van der Waals surface area contributed by atoms with Crippen LogP contribution in [0.3, 0.4) is 0 Å². The Labute approximate surface area is 183 Å². The molecule has 4 heteroatoms. The van der Waals surface area contributed by atoms with Crippen LogP contribution < -0.4 is 0 Å². The van der Waals surface area contributed by atoms with Gasteiger partial charge in [0.05, 0.1) is 11.8 Å². The summed E-state index contributed by atoms with van der Waals surface area (Å²) in [5.41, 5.74) is 3.32. The van der Waals surface area contributed by atoms with Crippen molar-refractivity contribution in [2.24, 2.45) is 33.7 Å². The van der Waals surface area contributed by atoms with E-state index in [1.54, 1.807) is 5.57 Å². The van der Waals surface area contributed by atoms with Gasteiger partial charge < -0.3 is 9.94 Å². The largest absolute Gasteiger partial charge is 0.394 e. The maximum Gasteiger partial charge on any atom is 0.129 e. The molecule has 0 aromatic heterocycles. The predicted molar refractivity (Wildman–Crippen MR) is 121 cm³/mol. The second-order valence-corrected chi connectivity index (χ2v) is 11.5. The second kappa shape index (κ2) is 8.24. The first-order chi connectivity index (χ1) is 14.5. The number of aliphatic hydroxyl groups is 1. The molecule has 1 aliphatic heterocycles. The Bertz CT molecular complexity index is 697. The molecule has 6 atom stereocenters. The van der Waals surface area contributed by atoms with Crippen LogP contribution in [0.4, 0.5) is 0 Å². The Kier molecular flexibility index (Phi) is 5.77. The highest BCUT2D eigenvalue weighted by atomic mass is 16.6. The highest BCUT2D eigenvalue weighted by molar-refractivity contribution is 5.96. The first-order valence-electron chi connectivity index (χ1n) is 12.8. The van der Waals surface area contributed by atoms with E-state index in [-0.39, 0.29) is 11.5 Å². The van der Waals surface area contributed by atoms with Crippen LogP contribution in [0.15, 0.2) is 16.8 Å². The number of hydrogen-bond acceptors (Lipinski definition) is 4. The van der Waals surface area contributed by atoms with Gasteiger partial charge in [0, 0.05) is 6.54 Å². The van der Waals surface area contributed by atoms with Gasteiger partial charge in [0.25, 0.3) is 0 Å². The van der Waals surface area contributed by atoms with Crippen LogP contribution in [0, 0.1) is 28.6 Å². The lowest BCUT2D eigenvalue weighted by atomic mass is 9.47. The lowest BCUT2D eigenvalue weighted by molar-refractivity contribution is -0.0722. The smallest absolute Gasteiger partial charge is 0.129 e. The van der Waals surface area contributed by atoms with E-state index in [4.69, 9.17) is 4.84 Å². The summed E-state index contributed by atoms with van der Waals surface area (Å²) in [6, 6.07) is 0. The molecule has 1 saturated heterocycles. The molecule has 4 fully saturated rings. The van der Waals surface area contributed by atoms with Gasteiger partial charge in [0.2, 0.25) is 0 Å². The first-order valence-corrected chi connectivity index (χ1v) is 12.8. The van der Waals surface area contributed by atoms with Crippen LogP contribution in [-0.4, -0.2) is 48.1 Å². The number of hydrogen-bond donors (Lipinski definition) is 1. The van der Waals surface area contributed by atoms with E-state index in [0.29, 0.717) is 5.41 Å². The third-order valence-electron chi connectivity index (χ3n) is 10.1. The van der Waals surface area contributed by atoms with Gasteiger partial charge >= 0.3 is 0 Å². The van der Waals surface area contributed by atoms with Crippen LogP contribution in [0.2, 0.25) is 0 Å². The zero-order valence-corrected chi connectivity index (χ0v) is 19.2. The van der Waals surface area contributed by atoms with E-state index >= 15 is 0 Å². The van der Waals surface area contributed by atoms with Gasteiger partial charge in [-0.05, 0) is 112 Å². The average Bonchev–Trinajstić information content (AvgIpc) is 3.07. The van der Waals surface area contributed by atoms with Gasteiger partial charge in [-0.1, -0.05) is 31.0 Å². The average molecular weight is 415 g/mol. The van der Waals surface area contributed by atoms with Crippen molar-refractivity contribution in [3.05, 3.63) is 11.6 Å². The monoisotopic (exact) mass is 414 g/mol. The highest BCUT2D eigenvalue weighted by Gasteiger charge is 2.58. The first kappa shape index (κ1) is 21.0. The Morgan fingerprint density at radius 2 is 1.87 bits per heavy atom. The molecular weight excluding hydrogens is 372 g/mol. The maximum atomic E-state index is 10.6. The zero-order valence-electron chi connectivity index (χ0n) is 19.2. The van der Waals surface area contributed by atoms with Gasteiger partial charge in [-0.25, -0.2) is 0 Å².